The predicted octanol–water partition coefficient (Wildman–Crippen LogP) is 3.07. The van der Waals surface area contributed by atoms with Crippen LogP contribution in [0.5, 0.6) is 0 Å². The van der Waals surface area contributed by atoms with Gasteiger partial charge in [0.1, 0.15) is 0 Å². The Morgan fingerprint density at radius 1 is 1.25 bits per heavy atom. The van der Waals surface area contributed by atoms with E-state index in [-0.39, 0.29) is 5.91 Å². The Morgan fingerprint density at radius 3 is 2.90 bits per heavy atom. The van der Waals surface area contributed by atoms with Gasteiger partial charge in [0.2, 0.25) is 0 Å². The normalized spacial score (nSPS) is 23.5. The molecule has 0 saturated carbocycles. The fourth-order valence-corrected chi connectivity index (χ4v) is 3.97. The van der Waals surface area contributed by atoms with Crippen LogP contribution in [-0.2, 0) is 0 Å². The zero-order valence-electron chi connectivity index (χ0n) is 11.9. The summed E-state index contributed by atoms with van der Waals surface area (Å²) >= 11 is 3.53. The SMILES string of the molecule is Cc1ccc(C(=O)N2CCN3CCCCC3C2)c(Br)c1. The fraction of sp³-hybridized carbons (Fsp3) is 0.562. The molecular formula is C16H21BrN2O. The average Bonchev–Trinajstić information content (AvgIpc) is 2.46. The molecule has 2 saturated heterocycles. The summed E-state index contributed by atoms with van der Waals surface area (Å²) in [6.45, 7) is 6.02. The lowest BCUT2D eigenvalue weighted by Gasteiger charge is -2.44. The zero-order chi connectivity index (χ0) is 14.1. The molecule has 0 aromatic heterocycles. The number of piperidine rings is 1. The maximum atomic E-state index is 12.7. The van der Waals surface area contributed by atoms with E-state index in [1.165, 1.54) is 31.4 Å². The van der Waals surface area contributed by atoms with E-state index in [0.717, 1.165) is 29.7 Å². The Bertz CT molecular complexity index is 517. The van der Waals surface area contributed by atoms with Crippen LogP contribution in [0.25, 0.3) is 0 Å². The average molecular weight is 337 g/mol. The van der Waals surface area contributed by atoms with Crippen molar-refractivity contribution < 1.29 is 4.79 Å². The first-order valence-electron chi connectivity index (χ1n) is 7.44. The van der Waals surface area contributed by atoms with E-state index < -0.39 is 0 Å². The second-order valence-corrected chi connectivity index (χ2v) is 6.77. The minimum atomic E-state index is 0.169. The van der Waals surface area contributed by atoms with E-state index in [9.17, 15) is 4.79 Å². The van der Waals surface area contributed by atoms with Crippen LogP contribution in [0, 0.1) is 6.92 Å². The second kappa shape index (κ2) is 5.86. The molecule has 1 unspecified atom stereocenters. The molecule has 0 spiro atoms. The zero-order valence-corrected chi connectivity index (χ0v) is 13.5. The summed E-state index contributed by atoms with van der Waals surface area (Å²) in [5.74, 6) is 0.169. The van der Waals surface area contributed by atoms with Crippen LogP contribution in [0.4, 0.5) is 0 Å². The van der Waals surface area contributed by atoms with Gasteiger partial charge in [0.25, 0.3) is 5.91 Å². The van der Waals surface area contributed by atoms with E-state index in [1.807, 2.05) is 30.0 Å². The van der Waals surface area contributed by atoms with Crippen LogP contribution in [0.1, 0.15) is 35.2 Å². The first kappa shape index (κ1) is 14.1. The van der Waals surface area contributed by atoms with E-state index >= 15 is 0 Å². The van der Waals surface area contributed by atoms with Gasteiger partial charge in [0.05, 0.1) is 5.56 Å². The minimum Gasteiger partial charge on any atom is -0.336 e. The van der Waals surface area contributed by atoms with Gasteiger partial charge in [0.15, 0.2) is 0 Å². The number of nitrogens with zero attached hydrogens (tertiary/aromatic N) is 2. The van der Waals surface area contributed by atoms with Crippen molar-refractivity contribution in [2.75, 3.05) is 26.2 Å². The summed E-state index contributed by atoms with van der Waals surface area (Å²) in [7, 11) is 0. The van der Waals surface area contributed by atoms with Crippen LogP contribution in [0.15, 0.2) is 22.7 Å². The summed E-state index contributed by atoms with van der Waals surface area (Å²) < 4.78 is 0.911. The molecule has 2 aliphatic heterocycles. The predicted molar refractivity (Wildman–Crippen MR) is 84.0 cm³/mol. The molecule has 1 aromatic carbocycles. The van der Waals surface area contributed by atoms with Crippen molar-refractivity contribution in [2.24, 2.45) is 0 Å². The van der Waals surface area contributed by atoms with E-state index in [0.29, 0.717) is 6.04 Å². The van der Waals surface area contributed by atoms with Gasteiger partial charge in [-0.25, -0.2) is 0 Å². The quantitative estimate of drug-likeness (QED) is 0.786. The van der Waals surface area contributed by atoms with Crippen molar-refractivity contribution in [3.63, 3.8) is 0 Å². The van der Waals surface area contributed by atoms with E-state index in [2.05, 4.69) is 20.8 Å². The molecule has 1 atom stereocenters. The first-order chi connectivity index (χ1) is 9.65. The number of aryl methyl sites for hydroxylation is 1. The lowest BCUT2D eigenvalue weighted by molar-refractivity contribution is 0.0372. The third-order valence-corrected chi connectivity index (χ3v) is 5.14. The van der Waals surface area contributed by atoms with Crippen molar-refractivity contribution >= 4 is 21.8 Å². The molecule has 108 valence electrons. The standard InChI is InChI=1S/C16H21BrN2O/c1-12-5-6-14(15(17)10-12)16(20)19-9-8-18-7-3-2-4-13(18)11-19/h5-6,10,13H,2-4,7-9,11H2,1H3. The highest BCUT2D eigenvalue weighted by molar-refractivity contribution is 9.10. The Balaban J connectivity index is 1.74. The molecule has 1 amide bonds. The Hall–Kier alpha value is -0.870. The van der Waals surface area contributed by atoms with Crippen molar-refractivity contribution in [1.29, 1.82) is 0 Å². The Labute approximate surface area is 129 Å². The first-order valence-corrected chi connectivity index (χ1v) is 8.24. The molecule has 0 bridgehead atoms. The van der Waals surface area contributed by atoms with Crippen LogP contribution in [-0.4, -0.2) is 47.9 Å². The third kappa shape index (κ3) is 2.77. The molecule has 3 rings (SSSR count). The Morgan fingerprint density at radius 2 is 2.10 bits per heavy atom. The number of piperazine rings is 1. The maximum Gasteiger partial charge on any atom is 0.255 e. The van der Waals surface area contributed by atoms with Crippen molar-refractivity contribution in [2.45, 2.75) is 32.2 Å². The molecule has 20 heavy (non-hydrogen) atoms. The molecular weight excluding hydrogens is 316 g/mol. The molecule has 2 fully saturated rings. The third-order valence-electron chi connectivity index (χ3n) is 4.48. The number of hydrogen-bond donors (Lipinski definition) is 0. The number of fused-ring (bicyclic) bond motifs is 1. The number of rotatable bonds is 1. The Kier molecular flexibility index (Phi) is 4.13. The van der Waals surface area contributed by atoms with Crippen molar-refractivity contribution in [3.8, 4) is 0 Å². The number of hydrogen-bond acceptors (Lipinski definition) is 2. The van der Waals surface area contributed by atoms with Crippen LogP contribution in [0.3, 0.4) is 0 Å². The molecule has 0 radical (unpaired) electrons. The molecule has 2 heterocycles. The largest absolute Gasteiger partial charge is 0.336 e. The summed E-state index contributed by atoms with van der Waals surface area (Å²) in [5, 5.41) is 0. The second-order valence-electron chi connectivity index (χ2n) is 5.92. The highest BCUT2D eigenvalue weighted by Gasteiger charge is 2.31. The summed E-state index contributed by atoms with van der Waals surface area (Å²) in [6, 6.07) is 6.54. The van der Waals surface area contributed by atoms with Crippen molar-refractivity contribution in [3.05, 3.63) is 33.8 Å². The van der Waals surface area contributed by atoms with Crippen LogP contribution >= 0.6 is 15.9 Å². The highest BCUT2D eigenvalue weighted by atomic mass is 79.9. The molecule has 3 nitrogen and oxygen atoms in total. The number of benzene rings is 1. The van der Waals surface area contributed by atoms with Gasteiger partial charge in [0, 0.05) is 30.1 Å². The number of carbonyl (C=O) groups is 1. The van der Waals surface area contributed by atoms with Gasteiger partial charge < -0.3 is 4.90 Å². The lowest BCUT2D eigenvalue weighted by atomic mass is 9.99. The van der Waals surface area contributed by atoms with E-state index in [1.54, 1.807) is 0 Å². The minimum absolute atomic E-state index is 0.169. The number of halogens is 1. The van der Waals surface area contributed by atoms with Crippen LogP contribution in [0.2, 0.25) is 0 Å². The summed E-state index contributed by atoms with van der Waals surface area (Å²) in [5.41, 5.74) is 1.96. The molecule has 1 aromatic rings. The summed E-state index contributed by atoms with van der Waals surface area (Å²) in [4.78, 5) is 17.3. The molecule has 4 heteroatoms. The van der Waals surface area contributed by atoms with Gasteiger partial charge in [-0.05, 0) is 59.9 Å². The van der Waals surface area contributed by atoms with Gasteiger partial charge in [-0.2, -0.15) is 0 Å². The smallest absolute Gasteiger partial charge is 0.255 e. The highest BCUT2D eigenvalue weighted by Crippen LogP contribution is 2.24. The molecule has 0 aliphatic carbocycles. The number of amides is 1. The molecule has 0 N–H and O–H groups in total. The maximum absolute atomic E-state index is 12.7. The van der Waals surface area contributed by atoms with E-state index in [4.69, 9.17) is 0 Å². The van der Waals surface area contributed by atoms with Crippen molar-refractivity contribution in [1.82, 2.24) is 9.80 Å². The topological polar surface area (TPSA) is 23.6 Å². The fourth-order valence-electron chi connectivity index (χ4n) is 3.30. The van der Waals surface area contributed by atoms with Gasteiger partial charge in [-0.3, -0.25) is 9.69 Å². The van der Waals surface area contributed by atoms with Gasteiger partial charge >= 0.3 is 0 Å². The monoisotopic (exact) mass is 336 g/mol. The van der Waals surface area contributed by atoms with Gasteiger partial charge in [-0.1, -0.05) is 12.5 Å². The molecule has 2 aliphatic rings. The number of carbonyl (C=O) groups excluding carboxylic acids is 1. The lowest BCUT2D eigenvalue weighted by Crippen LogP contribution is -2.56. The van der Waals surface area contributed by atoms with Gasteiger partial charge in [-0.15, -0.1) is 0 Å². The summed E-state index contributed by atoms with van der Waals surface area (Å²) in [6.07, 6.45) is 3.85. The van der Waals surface area contributed by atoms with Crippen LogP contribution < -0.4 is 0 Å².